The van der Waals surface area contributed by atoms with E-state index in [9.17, 15) is 9.18 Å². The van der Waals surface area contributed by atoms with Crippen molar-refractivity contribution in [2.24, 2.45) is 0 Å². The number of hydrogen-bond donors (Lipinski definition) is 0. The summed E-state index contributed by atoms with van der Waals surface area (Å²) in [7, 11) is 2.03. The molecule has 0 aliphatic carbocycles. The Labute approximate surface area is 189 Å². The summed E-state index contributed by atoms with van der Waals surface area (Å²) in [5.74, 6) is 1.50. The van der Waals surface area contributed by atoms with Crippen LogP contribution in [0.1, 0.15) is 41.6 Å². The molecule has 1 fully saturated rings. The van der Waals surface area contributed by atoms with E-state index < -0.39 is 0 Å². The molecule has 0 bridgehead atoms. The Morgan fingerprint density at radius 3 is 2.66 bits per heavy atom. The predicted molar refractivity (Wildman–Crippen MR) is 123 cm³/mol. The van der Waals surface area contributed by atoms with Crippen molar-refractivity contribution >= 4 is 5.78 Å². The van der Waals surface area contributed by atoms with E-state index in [1.165, 1.54) is 12.1 Å². The highest BCUT2D eigenvalue weighted by molar-refractivity contribution is 6.12. The van der Waals surface area contributed by atoms with Crippen LogP contribution in [0.5, 0.6) is 11.5 Å². The number of nitrogens with zero attached hydrogens (tertiary/aromatic N) is 2. The van der Waals surface area contributed by atoms with Crippen molar-refractivity contribution in [2.75, 3.05) is 33.3 Å². The van der Waals surface area contributed by atoms with Crippen molar-refractivity contribution in [3.8, 4) is 11.5 Å². The zero-order valence-corrected chi connectivity index (χ0v) is 18.9. The fraction of sp³-hybridized carbons (Fsp3) is 0.423. The number of piperidine rings is 1. The van der Waals surface area contributed by atoms with Gasteiger partial charge in [0.05, 0.1) is 12.2 Å². The van der Waals surface area contributed by atoms with Crippen LogP contribution in [0.2, 0.25) is 0 Å². The largest absolute Gasteiger partial charge is 0.494 e. The van der Waals surface area contributed by atoms with Crippen LogP contribution in [-0.2, 0) is 0 Å². The fourth-order valence-electron chi connectivity index (χ4n) is 4.29. The number of ketones is 1. The van der Waals surface area contributed by atoms with Gasteiger partial charge in [0.15, 0.2) is 5.76 Å². The van der Waals surface area contributed by atoms with Crippen molar-refractivity contribution in [3.05, 3.63) is 71.4 Å². The van der Waals surface area contributed by atoms with Crippen LogP contribution in [-0.4, -0.2) is 54.9 Å². The lowest BCUT2D eigenvalue weighted by atomic mass is 10.0. The van der Waals surface area contributed by atoms with Gasteiger partial charge in [0, 0.05) is 32.4 Å². The third-order valence-corrected chi connectivity index (χ3v) is 6.23. The van der Waals surface area contributed by atoms with Gasteiger partial charge < -0.3 is 19.3 Å². The van der Waals surface area contributed by atoms with Crippen LogP contribution in [0.4, 0.5) is 4.39 Å². The Bertz CT molecular complexity index is 966. The van der Waals surface area contributed by atoms with Crippen molar-refractivity contribution in [3.63, 3.8) is 0 Å². The van der Waals surface area contributed by atoms with Gasteiger partial charge in [-0.1, -0.05) is 11.6 Å². The highest BCUT2D eigenvalue weighted by Crippen LogP contribution is 2.32. The molecule has 0 N–H and O–H groups in total. The molecule has 0 atom stereocenters. The smallest absolute Gasteiger partial charge is 0.233 e. The van der Waals surface area contributed by atoms with E-state index in [0.717, 1.165) is 50.9 Å². The number of hydrogen-bond acceptors (Lipinski definition) is 5. The Kier molecular flexibility index (Phi) is 7.10. The van der Waals surface area contributed by atoms with Gasteiger partial charge in [-0.3, -0.25) is 4.79 Å². The van der Waals surface area contributed by atoms with Gasteiger partial charge in [-0.05, 0) is 75.5 Å². The van der Waals surface area contributed by atoms with E-state index >= 15 is 0 Å². The van der Waals surface area contributed by atoms with E-state index in [1.54, 1.807) is 12.1 Å². The number of Topliss-reactive ketones (excluding diaryl/α,β-unsaturated/α-hetero) is 1. The number of benzene rings is 2. The number of fused-ring (bicyclic) bond motifs is 1. The molecule has 2 heterocycles. The second-order valence-electron chi connectivity index (χ2n) is 8.67. The van der Waals surface area contributed by atoms with Gasteiger partial charge in [0.2, 0.25) is 5.78 Å². The quantitative estimate of drug-likeness (QED) is 0.437. The minimum Gasteiger partial charge on any atom is -0.494 e. The number of allylic oxidation sites excluding steroid dienone is 1. The monoisotopic (exact) mass is 438 g/mol. The standard InChI is InChI=1S/C26H31FN2O3/c1-19-5-10-24-23(17-19)26(30)25(32-24)18-28(2)21-11-14-29(15-12-21)13-3-4-16-31-22-8-6-20(27)7-9-22/h5-10,17-18,21H,3-4,11-16H2,1-2H3/b25-18-. The van der Waals surface area contributed by atoms with Gasteiger partial charge in [0.25, 0.3) is 0 Å². The molecule has 0 saturated carbocycles. The van der Waals surface area contributed by atoms with Crippen LogP contribution < -0.4 is 9.47 Å². The number of likely N-dealkylation sites (tertiary alicyclic amines) is 1. The number of halogens is 1. The normalized spacial score (nSPS) is 18.0. The number of ether oxygens (including phenoxy) is 2. The van der Waals surface area contributed by atoms with Crippen LogP contribution in [0.3, 0.4) is 0 Å². The van der Waals surface area contributed by atoms with Crippen molar-refractivity contribution in [1.29, 1.82) is 0 Å². The minimum atomic E-state index is -0.245. The lowest BCUT2D eigenvalue weighted by Crippen LogP contribution is -2.42. The molecule has 4 rings (SSSR count). The molecule has 2 aromatic rings. The number of rotatable bonds is 8. The molecule has 0 radical (unpaired) electrons. The maximum absolute atomic E-state index is 12.9. The molecule has 32 heavy (non-hydrogen) atoms. The Hall–Kier alpha value is -2.86. The summed E-state index contributed by atoms with van der Waals surface area (Å²) in [4.78, 5) is 17.3. The Morgan fingerprint density at radius 1 is 1.16 bits per heavy atom. The first-order valence-corrected chi connectivity index (χ1v) is 11.4. The number of unbranched alkanes of at least 4 members (excludes halogenated alkanes) is 1. The van der Waals surface area contributed by atoms with Crippen LogP contribution in [0.25, 0.3) is 0 Å². The molecule has 170 valence electrons. The van der Waals surface area contributed by atoms with Gasteiger partial charge in [-0.15, -0.1) is 0 Å². The van der Waals surface area contributed by atoms with Crippen LogP contribution in [0.15, 0.2) is 54.4 Å². The summed E-state index contributed by atoms with van der Waals surface area (Å²) in [6, 6.07) is 12.3. The topological polar surface area (TPSA) is 42.0 Å². The molecule has 2 aliphatic rings. The summed E-state index contributed by atoms with van der Waals surface area (Å²) >= 11 is 0. The number of carbonyl (C=O) groups is 1. The summed E-state index contributed by atoms with van der Waals surface area (Å²) in [5.41, 5.74) is 1.72. The average Bonchev–Trinajstić information content (AvgIpc) is 3.10. The van der Waals surface area contributed by atoms with Crippen molar-refractivity contribution < 1.29 is 18.7 Å². The summed E-state index contributed by atoms with van der Waals surface area (Å²) < 4.78 is 24.4. The second-order valence-corrected chi connectivity index (χ2v) is 8.67. The van der Waals surface area contributed by atoms with Gasteiger partial charge in [0.1, 0.15) is 17.3 Å². The average molecular weight is 439 g/mol. The molecule has 0 spiro atoms. The first-order chi connectivity index (χ1) is 15.5. The number of carbonyl (C=O) groups excluding carboxylic acids is 1. The Morgan fingerprint density at radius 2 is 1.91 bits per heavy atom. The third kappa shape index (κ3) is 5.49. The van der Waals surface area contributed by atoms with Crippen LogP contribution >= 0.6 is 0 Å². The van der Waals surface area contributed by atoms with Crippen molar-refractivity contribution in [1.82, 2.24) is 9.80 Å². The minimum absolute atomic E-state index is 0.0316. The zero-order chi connectivity index (χ0) is 22.5. The second kappa shape index (κ2) is 10.2. The van der Waals surface area contributed by atoms with E-state index in [4.69, 9.17) is 9.47 Å². The predicted octanol–water partition coefficient (Wildman–Crippen LogP) is 4.81. The maximum Gasteiger partial charge on any atom is 0.233 e. The molecule has 2 aromatic carbocycles. The Balaban J connectivity index is 1.17. The summed E-state index contributed by atoms with van der Waals surface area (Å²) in [5, 5.41) is 0. The lowest BCUT2D eigenvalue weighted by Gasteiger charge is -2.36. The SMILES string of the molecule is Cc1ccc2c(c1)C(=O)/C(=C/N(C)C1CCN(CCCCOc3ccc(F)cc3)CC1)O2. The van der Waals surface area contributed by atoms with Crippen LogP contribution in [0, 0.1) is 12.7 Å². The molecule has 0 unspecified atom stereocenters. The van der Waals surface area contributed by atoms with Gasteiger partial charge >= 0.3 is 0 Å². The first-order valence-electron chi connectivity index (χ1n) is 11.4. The summed E-state index contributed by atoms with van der Waals surface area (Å²) in [6.45, 7) is 5.78. The molecule has 5 nitrogen and oxygen atoms in total. The molecule has 1 saturated heterocycles. The zero-order valence-electron chi connectivity index (χ0n) is 18.9. The number of aryl methyl sites for hydroxylation is 1. The maximum atomic E-state index is 12.9. The summed E-state index contributed by atoms with van der Waals surface area (Å²) in [6.07, 6.45) is 6.04. The highest BCUT2D eigenvalue weighted by Gasteiger charge is 2.29. The molecule has 0 amide bonds. The van der Waals surface area contributed by atoms with Gasteiger partial charge in [-0.25, -0.2) is 4.39 Å². The van der Waals surface area contributed by atoms with Gasteiger partial charge in [-0.2, -0.15) is 0 Å². The molecular weight excluding hydrogens is 407 g/mol. The fourth-order valence-corrected chi connectivity index (χ4v) is 4.29. The van der Waals surface area contributed by atoms with E-state index in [2.05, 4.69) is 9.80 Å². The van der Waals surface area contributed by atoms with E-state index in [0.29, 0.717) is 35.5 Å². The van der Waals surface area contributed by atoms with E-state index in [-0.39, 0.29) is 11.6 Å². The van der Waals surface area contributed by atoms with E-state index in [1.807, 2.05) is 38.4 Å². The molecule has 6 heteroatoms. The lowest BCUT2D eigenvalue weighted by molar-refractivity contribution is 0.100. The molecular formula is C26H31FN2O3. The molecule has 0 aromatic heterocycles. The highest BCUT2D eigenvalue weighted by atomic mass is 19.1. The van der Waals surface area contributed by atoms with Crippen molar-refractivity contribution in [2.45, 2.75) is 38.6 Å². The third-order valence-electron chi connectivity index (χ3n) is 6.23. The molecule has 2 aliphatic heterocycles. The first kappa shape index (κ1) is 22.3.